The van der Waals surface area contributed by atoms with Crippen LogP contribution in [0.5, 0.6) is 0 Å². The summed E-state index contributed by atoms with van der Waals surface area (Å²) >= 11 is 0. The minimum atomic E-state index is 0.376. The number of benzene rings is 1. The second kappa shape index (κ2) is 5.25. The van der Waals surface area contributed by atoms with Crippen LogP contribution in [0.15, 0.2) is 42.6 Å². The molecule has 0 atom stereocenters. The van der Waals surface area contributed by atoms with E-state index >= 15 is 0 Å². The summed E-state index contributed by atoms with van der Waals surface area (Å²) in [7, 11) is 0. The Morgan fingerprint density at radius 3 is 3.00 bits per heavy atom. The van der Waals surface area contributed by atoms with E-state index in [1.54, 1.807) is 4.68 Å². The van der Waals surface area contributed by atoms with Crippen molar-refractivity contribution in [1.29, 1.82) is 5.26 Å². The minimum absolute atomic E-state index is 0.376. The van der Waals surface area contributed by atoms with E-state index in [0.29, 0.717) is 18.7 Å². The van der Waals surface area contributed by atoms with E-state index < -0.39 is 0 Å². The number of hydrogen-bond donors (Lipinski definition) is 1. The Morgan fingerprint density at radius 1 is 1.43 bits per heavy atom. The van der Waals surface area contributed by atoms with Gasteiger partial charge in [0.25, 0.3) is 0 Å². The molecule has 104 valence electrons. The van der Waals surface area contributed by atoms with Gasteiger partial charge in [-0.05, 0) is 18.6 Å². The second-order valence-electron chi connectivity index (χ2n) is 5.15. The second-order valence-corrected chi connectivity index (χ2v) is 5.15. The standard InChI is InChI=1S/C16H15N5/c1-11(2)10-21-16(15(8-17)19-20-21)7-12-9-18-14-6-4-3-5-13(12)14/h3-6,9,18H,1,7,10H2,2H3. The van der Waals surface area contributed by atoms with Crippen molar-refractivity contribution in [2.75, 3.05) is 0 Å². The maximum absolute atomic E-state index is 9.21. The minimum Gasteiger partial charge on any atom is -0.361 e. The quantitative estimate of drug-likeness (QED) is 0.745. The molecule has 0 unspecified atom stereocenters. The lowest BCUT2D eigenvalue weighted by Crippen LogP contribution is -2.07. The average molecular weight is 277 g/mol. The van der Waals surface area contributed by atoms with Gasteiger partial charge in [0.05, 0.1) is 12.2 Å². The van der Waals surface area contributed by atoms with Crippen LogP contribution in [0.25, 0.3) is 10.9 Å². The molecule has 2 aromatic heterocycles. The van der Waals surface area contributed by atoms with Crippen LogP contribution in [-0.2, 0) is 13.0 Å². The van der Waals surface area contributed by atoms with Crippen molar-refractivity contribution in [3.05, 3.63) is 59.6 Å². The molecule has 0 aliphatic carbocycles. The smallest absolute Gasteiger partial charge is 0.186 e. The number of nitrogens with one attached hydrogen (secondary N) is 1. The van der Waals surface area contributed by atoms with Crippen LogP contribution in [-0.4, -0.2) is 20.0 Å². The predicted molar refractivity (Wildman–Crippen MR) is 80.7 cm³/mol. The van der Waals surface area contributed by atoms with Crippen molar-refractivity contribution in [3.63, 3.8) is 0 Å². The first-order valence-corrected chi connectivity index (χ1v) is 6.71. The Bertz CT molecular complexity index is 847. The molecule has 0 saturated heterocycles. The van der Waals surface area contributed by atoms with Gasteiger partial charge in [-0.15, -0.1) is 5.10 Å². The topological polar surface area (TPSA) is 70.3 Å². The van der Waals surface area contributed by atoms with Crippen LogP contribution in [0.1, 0.15) is 23.9 Å². The van der Waals surface area contributed by atoms with E-state index in [-0.39, 0.29) is 0 Å². The zero-order chi connectivity index (χ0) is 14.8. The fourth-order valence-electron chi connectivity index (χ4n) is 2.44. The molecule has 0 aliphatic heterocycles. The van der Waals surface area contributed by atoms with Crippen molar-refractivity contribution >= 4 is 10.9 Å². The van der Waals surface area contributed by atoms with Gasteiger partial charge in [-0.2, -0.15) is 5.26 Å². The molecule has 0 radical (unpaired) electrons. The maximum atomic E-state index is 9.21. The van der Waals surface area contributed by atoms with Crippen LogP contribution >= 0.6 is 0 Å². The van der Waals surface area contributed by atoms with E-state index in [0.717, 1.165) is 27.7 Å². The lowest BCUT2D eigenvalue weighted by atomic mass is 10.1. The lowest BCUT2D eigenvalue weighted by Gasteiger charge is -2.05. The van der Waals surface area contributed by atoms with Crippen molar-refractivity contribution < 1.29 is 0 Å². The number of para-hydroxylation sites is 1. The monoisotopic (exact) mass is 277 g/mol. The summed E-state index contributed by atoms with van der Waals surface area (Å²) in [5.41, 5.74) is 4.40. The zero-order valence-corrected chi connectivity index (χ0v) is 11.8. The molecule has 5 heteroatoms. The molecule has 3 aromatic rings. The summed E-state index contributed by atoms with van der Waals surface area (Å²) in [4.78, 5) is 3.25. The molecular formula is C16H15N5. The van der Waals surface area contributed by atoms with Gasteiger partial charge < -0.3 is 4.98 Å². The third-order valence-corrected chi connectivity index (χ3v) is 3.40. The van der Waals surface area contributed by atoms with Gasteiger partial charge in [0.15, 0.2) is 5.69 Å². The molecule has 1 N–H and O–H groups in total. The van der Waals surface area contributed by atoms with Crippen LogP contribution in [0, 0.1) is 11.3 Å². The summed E-state index contributed by atoms with van der Waals surface area (Å²) in [5.74, 6) is 0. The number of aromatic nitrogens is 4. The van der Waals surface area contributed by atoms with E-state index in [9.17, 15) is 5.26 Å². The van der Waals surface area contributed by atoms with E-state index in [2.05, 4.69) is 34.0 Å². The highest BCUT2D eigenvalue weighted by Crippen LogP contribution is 2.21. The molecule has 1 aromatic carbocycles. The van der Waals surface area contributed by atoms with Gasteiger partial charge in [0.2, 0.25) is 0 Å². The first-order chi connectivity index (χ1) is 10.2. The van der Waals surface area contributed by atoms with E-state index in [1.807, 2.05) is 31.3 Å². The molecule has 5 nitrogen and oxygen atoms in total. The van der Waals surface area contributed by atoms with Gasteiger partial charge >= 0.3 is 0 Å². The number of hydrogen-bond acceptors (Lipinski definition) is 3. The van der Waals surface area contributed by atoms with Crippen LogP contribution in [0.4, 0.5) is 0 Å². The van der Waals surface area contributed by atoms with Gasteiger partial charge in [-0.25, -0.2) is 4.68 Å². The third kappa shape index (κ3) is 2.43. The number of H-pyrrole nitrogens is 1. The number of nitriles is 1. The van der Waals surface area contributed by atoms with Crippen molar-refractivity contribution in [2.24, 2.45) is 0 Å². The Kier molecular flexibility index (Phi) is 3.28. The highest BCUT2D eigenvalue weighted by atomic mass is 15.4. The summed E-state index contributed by atoms with van der Waals surface area (Å²) in [6.07, 6.45) is 2.59. The molecule has 2 heterocycles. The van der Waals surface area contributed by atoms with E-state index in [1.165, 1.54) is 0 Å². The third-order valence-electron chi connectivity index (χ3n) is 3.40. The number of rotatable bonds is 4. The first-order valence-electron chi connectivity index (χ1n) is 6.71. The molecule has 3 rings (SSSR count). The first kappa shape index (κ1) is 13.1. The average Bonchev–Trinajstić information content (AvgIpc) is 3.04. The number of aromatic amines is 1. The fraction of sp³-hybridized carbons (Fsp3) is 0.188. The molecule has 0 saturated carbocycles. The van der Waals surface area contributed by atoms with Crippen molar-refractivity contribution in [3.8, 4) is 6.07 Å². The molecule has 0 aliphatic rings. The zero-order valence-electron chi connectivity index (χ0n) is 11.8. The van der Waals surface area contributed by atoms with Gasteiger partial charge in [-0.3, -0.25) is 0 Å². The maximum Gasteiger partial charge on any atom is 0.186 e. The number of fused-ring (bicyclic) bond motifs is 1. The molecule has 21 heavy (non-hydrogen) atoms. The van der Waals surface area contributed by atoms with Gasteiger partial charge in [0, 0.05) is 23.5 Å². The summed E-state index contributed by atoms with van der Waals surface area (Å²) < 4.78 is 1.75. The Labute approximate surface area is 122 Å². The van der Waals surface area contributed by atoms with Crippen LogP contribution in [0.2, 0.25) is 0 Å². The Balaban J connectivity index is 2.03. The van der Waals surface area contributed by atoms with Gasteiger partial charge in [-0.1, -0.05) is 35.6 Å². The van der Waals surface area contributed by atoms with Crippen LogP contribution < -0.4 is 0 Å². The molecular weight excluding hydrogens is 262 g/mol. The molecule has 0 spiro atoms. The number of nitrogens with zero attached hydrogens (tertiary/aromatic N) is 4. The van der Waals surface area contributed by atoms with Crippen LogP contribution in [0.3, 0.4) is 0 Å². The van der Waals surface area contributed by atoms with Gasteiger partial charge in [0.1, 0.15) is 6.07 Å². The summed E-state index contributed by atoms with van der Waals surface area (Å²) in [6, 6.07) is 10.2. The summed E-state index contributed by atoms with van der Waals surface area (Å²) in [6.45, 7) is 6.41. The van der Waals surface area contributed by atoms with E-state index in [4.69, 9.17) is 0 Å². The normalized spacial score (nSPS) is 10.7. The molecule has 0 fully saturated rings. The predicted octanol–water partition coefficient (Wildman–Crippen LogP) is 2.80. The Hall–Kier alpha value is -2.87. The lowest BCUT2D eigenvalue weighted by molar-refractivity contribution is 0.619. The highest BCUT2D eigenvalue weighted by molar-refractivity contribution is 5.83. The number of allylic oxidation sites excluding steroid dienone is 1. The highest BCUT2D eigenvalue weighted by Gasteiger charge is 2.15. The van der Waals surface area contributed by atoms with Crippen molar-refractivity contribution in [1.82, 2.24) is 20.0 Å². The fourth-order valence-corrected chi connectivity index (χ4v) is 2.44. The summed E-state index contributed by atoms with van der Waals surface area (Å²) in [5, 5.41) is 18.4. The largest absolute Gasteiger partial charge is 0.361 e. The Morgan fingerprint density at radius 2 is 2.24 bits per heavy atom. The SMILES string of the molecule is C=C(C)Cn1nnc(C#N)c1Cc1c[nH]c2ccccc12. The molecule has 0 amide bonds. The molecule has 0 bridgehead atoms. The van der Waals surface area contributed by atoms with Crippen molar-refractivity contribution in [2.45, 2.75) is 19.9 Å².